The molecule has 2 N–H and O–H groups in total. The first-order valence-electron chi connectivity index (χ1n) is 7.91. The maximum atomic E-state index is 5.79. The van der Waals surface area contributed by atoms with Crippen LogP contribution in [0.5, 0.6) is 5.75 Å². The summed E-state index contributed by atoms with van der Waals surface area (Å²) in [5, 5.41) is 7.63. The quantitative estimate of drug-likeness (QED) is 0.480. The van der Waals surface area contributed by atoms with E-state index >= 15 is 0 Å². The molecule has 0 saturated heterocycles. The van der Waals surface area contributed by atoms with Crippen LogP contribution in [0, 0.1) is 6.92 Å². The topological polar surface area (TPSA) is 45.7 Å². The molecular weight excluding hydrogens is 294 g/mol. The van der Waals surface area contributed by atoms with Gasteiger partial charge in [-0.15, -0.1) is 0 Å². The Bertz CT molecular complexity index is 493. The van der Waals surface area contributed by atoms with Crippen molar-refractivity contribution in [3.05, 3.63) is 29.8 Å². The summed E-state index contributed by atoms with van der Waals surface area (Å²) in [6.07, 6.45) is 5.95. The largest absolute Gasteiger partial charge is 0.491 e. The molecule has 0 amide bonds. The van der Waals surface area contributed by atoms with Crippen molar-refractivity contribution in [2.75, 3.05) is 26.5 Å². The van der Waals surface area contributed by atoms with Gasteiger partial charge in [-0.1, -0.05) is 18.2 Å². The third kappa shape index (κ3) is 5.13. The van der Waals surface area contributed by atoms with Gasteiger partial charge in [-0.2, -0.15) is 11.8 Å². The van der Waals surface area contributed by atoms with E-state index in [1.807, 2.05) is 37.0 Å². The van der Waals surface area contributed by atoms with Gasteiger partial charge < -0.3 is 15.4 Å². The molecule has 1 aromatic carbocycles. The van der Waals surface area contributed by atoms with Crippen LogP contribution in [0.4, 0.5) is 0 Å². The SMILES string of the molecule is CN=C(NCCOc1ccccc1C)NC1CCC(SC)C1. The van der Waals surface area contributed by atoms with Crippen molar-refractivity contribution in [1.82, 2.24) is 10.6 Å². The van der Waals surface area contributed by atoms with Crippen LogP contribution in [0.2, 0.25) is 0 Å². The lowest BCUT2D eigenvalue weighted by molar-refractivity contribution is 0.319. The van der Waals surface area contributed by atoms with Gasteiger partial charge in [0.2, 0.25) is 0 Å². The Labute approximate surface area is 138 Å². The fourth-order valence-corrected chi connectivity index (χ4v) is 3.52. The zero-order valence-corrected chi connectivity index (χ0v) is 14.6. The Balaban J connectivity index is 1.68. The van der Waals surface area contributed by atoms with Crippen molar-refractivity contribution < 1.29 is 4.74 Å². The van der Waals surface area contributed by atoms with E-state index < -0.39 is 0 Å². The van der Waals surface area contributed by atoms with Crippen LogP contribution in [-0.2, 0) is 0 Å². The Kier molecular flexibility index (Phi) is 6.90. The van der Waals surface area contributed by atoms with Gasteiger partial charge in [0, 0.05) is 18.3 Å². The molecule has 0 radical (unpaired) electrons. The number of hydrogen-bond donors (Lipinski definition) is 2. The number of nitrogens with zero attached hydrogens (tertiary/aromatic N) is 1. The van der Waals surface area contributed by atoms with E-state index in [1.54, 1.807) is 0 Å². The zero-order chi connectivity index (χ0) is 15.8. The van der Waals surface area contributed by atoms with Crippen molar-refractivity contribution >= 4 is 17.7 Å². The van der Waals surface area contributed by atoms with E-state index in [4.69, 9.17) is 4.74 Å². The van der Waals surface area contributed by atoms with Gasteiger partial charge in [-0.25, -0.2) is 0 Å². The second-order valence-corrected chi connectivity index (χ2v) is 6.76. The summed E-state index contributed by atoms with van der Waals surface area (Å²) in [7, 11) is 1.82. The standard InChI is InChI=1S/C17H27N3OS/c1-13-6-4-5-7-16(13)21-11-10-19-17(18-2)20-14-8-9-15(12-14)22-3/h4-7,14-15H,8-12H2,1-3H3,(H2,18,19,20). The second kappa shape index (κ2) is 8.93. The molecule has 1 fully saturated rings. The molecule has 0 aromatic heterocycles. The normalized spacial score (nSPS) is 21.7. The second-order valence-electron chi connectivity index (χ2n) is 5.62. The van der Waals surface area contributed by atoms with Crippen LogP contribution in [0.15, 0.2) is 29.3 Å². The number of nitrogens with one attached hydrogen (secondary N) is 2. The Morgan fingerprint density at radius 1 is 1.36 bits per heavy atom. The van der Waals surface area contributed by atoms with Crippen LogP contribution >= 0.6 is 11.8 Å². The van der Waals surface area contributed by atoms with Gasteiger partial charge in [-0.05, 0) is 44.1 Å². The lowest BCUT2D eigenvalue weighted by atomic mass is 10.2. The van der Waals surface area contributed by atoms with Crippen molar-refractivity contribution in [2.45, 2.75) is 37.5 Å². The highest BCUT2D eigenvalue weighted by Crippen LogP contribution is 2.27. The van der Waals surface area contributed by atoms with E-state index in [-0.39, 0.29) is 0 Å². The number of aliphatic imine (C=N–C) groups is 1. The Morgan fingerprint density at radius 3 is 2.86 bits per heavy atom. The lowest BCUT2D eigenvalue weighted by Gasteiger charge is -2.17. The number of para-hydroxylation sites is 1. The summed E-state index contributed by atoms with van der Waals surface area (Å²) in [5.74, 6) is 1.82. The number of guanidine groups is 1. The number of thioether (sulfide) groups is 1. The van der Waals surface area contributed by atoms with Crippen LogP contribution in [-0.4, -0.2) is 43.7 Å². The van der Waals surface area contributed by atoms with Crippen LogP contribution in [0.3, 0.4) is 0 Å². The third-order valence-corrected chi connectivity index (χ3v) is 5.12. The molecule has 0 bridgehead atoms. The summed E-state index contributed by atoms with van der Waals surface area (Å²) >= 11 is 1.97. The summed E-state index contributed by atoms with van der Waals surface area (Å²) in [4.78, 5) is 4.30. The van der Waals surface area contributed by atoms with Crippen molar-refractivity contribution in [1.29, 1.82) is 0 Å². The number of hydrogen-bond acceptors (Lipinski definition) is 3. The average molecular weight is 321 g/mol. The molecule has 1 aliphatic rings. The molecule has 1 saturated carbocycles. The molecule has 2 unspecified atom stereocenters. The number of aryl methyl sites for hydroxylation is 1. The van der Waals surface area contributed by atoms with E-state index in [0.29, 0.717) is 12.6 Å². The number of rotatable bonds is 6. The molecule has 22 heavy (non-hydrogen) atoms. The van der Waals surface area contributed by atoms with Crippen LogP contribution < -0.4 is 15.4 Å². The van der Waals surface area contributed by atoms with Gasteiger partial charge in [0.15, 0.2) is 5.96 Å². The van der Waals surface area contributed by atoms with Crippen LogP contribution in [0.25, 0.3) is 0 Å². The average Bonchev–Trinajstić information content (AvgIpc) is 2.99. The summed E-state index contributed by atoms with van der Waals surface area (Å²) < 4.78 is 5.79. The van der Waals surface area contributed by atoms with Gasteiger partial charge >= 0.3 is 0 Å². The predicted octanol–water partition coefficient (Wildman–Crippen LogP) is 2.82. The van der Waals surface area contributed by atoms with Crippen molar-refractivity contribution in [3.8, 4) is 5.75 Å². The first-order valence-corrected chi connectivity index (χ1v) is 9.20. The predicted molar refractivity (Wildman–Crippen MR) is 96.1 cm³/mol. The summed E-state index contributed by atoms with van der Waals surface area (Å²) in [6, 6.07) is 8.63. The minimum absolute atomic E-state index is 0.543. The molecular formula is C17H27N3OS. The van der Waals surface area contributed by atoms with E-state index in [0.717, 1.165) is 23.5 Å². The summed E-state index contributed by atoms with van der Waals surface area (Å²) in [6.45, 7) is 3.43. The van der Waals surface area contributed by atoms with E-state index in [9.17, 15) is 0 Å². The smallest absolute Gasteiger partial charge is 0.191 e. The van der Waals surface area contributed by atoms with Crippen molar-refractivity contribution in [2.24, 2.45) is 4.99 Å². The van der Waals surface area contributed by atoms with Gasteiger partial charge in [0.1, 0.15) is 12.4 Å². The molecule has 0 aliphatic heterocycles. The molecule has 5 heteroatoms. The highest BCUT2D eigenvalue weighted by Gasteiger charge is 2.24. The maximum Gasteiger partial charge on any atom is 0.191 e. The van der Waals surface area contributed by atoms with Gasteiger partial charge in [-0.3, -0.25) is 4.99 Å². The molecule has 2 atom stereocenters. The monoisotopic (exact) mass is 321 g/mol. The Morgan fingerprint density at radius 2 is 2.18 bits per heavy atom. The molecule has 1 aromatic rings. The molecule has 4 nitrogen and oxygen atoms in total. The highest BCUT2D eigenvalue weighted by atomic mass is 32.2. The lowest BCUT2D eigenvalue weighted by Crippen LogP contribution is -2.43. The first-order chi connectivity index (χ1) is 10.7. The Hall–Kier alpha value is -1.36. The van der Waals surface area contributed by atoms with Crippen LogP contribution in [0.1, 0.15) is 24.8 Å². The summed E-state index contributed by atoms with van der Waals surface area (Å²) in [5.41, 5.74) is 1.17. The van der Waals surface area contributed by atoms with E-state index in [1.165, 1.54) is 24.8 Å². The maximum absolute atomic E-state index is 5.79. The fourth-order valence-electron chi connectivity index (χ4n) is 2.72. The number of benzene rings is 1. The molecule has 122 valence electrons. The molecule has 1 aliphatic carbocycles. The molecule has 2 rings (SSSR count). The molecule has 0 spiro atoms. The molecule has 0 heterocycles. The number of ether oxygens (including phenoxy) is 1. The fraction of sp³-hybridized carbons (Fsp3) is 0.588. The van der Waals surface area contributed by atoms with Gasteiger partial charge in [0.05, 0.1) is 6.54 Å². The minimum atomic E-state index is 0.543. The third-order valence-electron chi connectivity index (χ3n) is 4.03. The van der Waals surface area contributed by atoms with E-state index in [2.05, 4.69) is 34.9 Å². The van der Waals surface area contributed by atoms with Gasteiger partial charge in [0.25, 0.3) is 0 Å². The first kappa shape index (κ1) is 17.0. The minimum Gasteiger partial charge on any atom is -0.491 e. The zero-order valence-electron chi connectivity index (χ0n) is 13.8. The van der Waals surface area contributed by atoms with Crippen molar-refractivity contribution in [3.63, 3.8) is 0 Å². The highest BCUT2D eigenvalue weighted by molar-refractivity contribution is 7.99.